The van der Waals surface area contributed by atoms with Crippen LogP contribution in [0.15, 0.2) is 42.7 Å². The summed E-state index contributed by atoms with van der Waals surface area (Å²) in [5, 5.41) is 11.0. The predicted molar refractivity (Wildman–Crippen MR) is 102 cm³/mol. The first-order valence-electron chi connectivity index (χ1n) is 8.71. The highest BCUT2D eigenvalue weighted by molar-refractivity contribution is 5.93. The van der Waals surface area contributed by atoms with Gasteiger partial charge in [0.2, 0.25) is 5.95 Å². The zero-order valence-corrected chi connectivity index (χ0v) is 14.7. The monoisotopic (exact) mass is 353 g/mol. The lowest BCUT2D eigenvalue weighted by Gasteiger charge is -2.17. The molecule has 0 saturated carbocycles. The number of nitrogens with one attached hydrogen (secondary N) is 1. The van der Waals surface area contributed by atoms with Gasteiger partial charge < -0.3 is 20.7 Å². The molecule has 0 aliphatic carbocycles. The van der Waals surface area contributed by atoms with Crippen molar-refractivity contribution < 1.29 is 9.90 Å². The zero-order chi connectivity index (χ0) is 18.5. The van der Waals surface area contributed by atoms with E-state index >= 15 is 0 Å². The quantitative estimate of drug-likeness (QED) is 0.562. The lowest BCUT2D eigenvalue weighted by Crippen LogP contribution is -2.21. The van der Waals surface area contributed by atoms with Crippen LogP contribution >= 0.6 is 0 Å². The number of anilines is 1. The molecule has 0 fully saturated rings. The van der Waals surface area contributed by atoms with Crippen LogP contribution in [0.3, 0.4) is 0 Å². The summed E-state index contributed by atoms with van der Waals surface area (Å²) in [5.41, 5.74) is 10.2. The van der Waals surface area contributed by atoms with Crippen LogP contribution in [-0.2, 0) is 0 Å². The van der Waals surface area contributed by atoms with Gasteiger partial charge in [-0.2, -0.15) is 0 Å². The molecule has 2 heterocycles. The van der Waals surface area contributed by atoms with E-state index in [9.17, 15) is 4.79 Å². The maximum atomic E-state index is 10.5. The SMILES string of the molecule is CC(CCCCNC(=O)O)n1c(N)nc2cccc(-c3cccnc3)c21. The average molecular weight is 353 g/mol. The number of nitrogens with zero attached hydrogens (tertiary/aromatic N) is 3. The molecule has 1 aromatic carbocycles. The van der Waals surface area contributed by atoms with Crippen LogP contribution in [-0.4, -0.2) is 32.3 Å². The Kier molecular flexibility index (Phi) is 5.36. The van der Waals surface area contributed by atoms with Crippen LogP contribution < -0.4 is 11.1 Å². The molecular formula is C19H23N5O2. The van der Waals surface area contributed by atoms with Crippen LogP contribution in [0.4, 0.5) is 10.7 Å². The molecule has 3 aromatic rings. The fourth-order valence-electron chi connectivity index (χ4n) is 3.26. The Hall–Kier alpha value is -3.09. The van der Waals surface area contributed by atoms with Crippen LogP contribution in [0.2, 0.25) is 0 Å². The van der Waals surface area contributed by atoms with Gasteiger partial charge in [-0.05, 0) is 38.3 Å². The Labute approximate surface area is 151 Å². The molecule has 1 amide bonds. The smallest absolute Gasteiger partial charge is 0.404 e. The predicted octanol–water partition coefficient (Wildman–Crippen LogP) is 3.68. The molecule has 7 heteroatoms. The standard InChI is InChI=1S/C19H23N5O2/c1-13(6-2-3-11-22-19(25)26)24-17-15(14-7-5-10-21-12-14)8-4-9-16(17)23-18(24)20/h4-5,7-10,12-13,22H,2-3,6,11H2,1H3,(H2,20,23)(H,25,26). The highest BCUT2D eigenvalue weighted by Gasteiger charge is 2.17. The van der Waals surface area contributed by atoms with Crippen molar-refractivity contribution in [2.24, 2.45) is 0 Å². The van der Waals surface area contributed by atoms with Gasteiger partial charge in [0.1, 0.15) is 0 Å². The maximum Gasteiger partial charge on any atom is 0.404 e. The molecule has 0 aliphatic heterocycles. The Morgan fingerprint density at radius 3 is 2.88 bits per heavy atom. The number of hydrogen-bond acceptors (Lipinski definition) is 4. The number of hydrogen-bond donors (Lipinski definition) is 3. The summed E-state index contributed by atoms with van der Waals surface area (Å²) in [6, 6.07) is 10.1. The second-order valence-electron chi connectivity index (χ2n) is 6.33. The summed E-state index contributed by atoms with van der Waals surface area (Å²) in [6.07, 6.45) is 5.18. The summed E-state index contributed by atoms with van der Waals surface area (Å²) < 4.78 is 2.07. The van der Waals surface area contributed by atoms with Crippen molar-refractivity contribution in [3.63, 3.8) is 0 Å². The number of amides is 1. The van der Waals surface area contributed by atoms with Crippen LogP contribution in [0.1, 0.15) is 32.2 Å². The van der Waals surface area contributed by atoms with Gasteiger partial charge in [-0.15, -0.1) is 0 Å². The van der Waals surface area contributed by atoms with Crippen LogP contribution in [0.5, 0.6) is 0 Å². The van der Waals surface area contributed by atoms with E-state index in [1.54, 1.807) is 6.20 Å². The third-order valence-corrected chi connectivity index (χ3v) is 4.48. The van der Waals surface area contributed by atoms with Gasteiger partial charge in [0.25, 0.3) is 0 Å². The van der Waals surface area contributed by atoms with Crippen molar-refractivity contribution in [2.75, 3.05) is 12.3 Å². The summed E-state index contributed by atoms with van der Waals surface area (Å²) >= 11 is 0. The summed E-state index contributed by atoms with van der Waals surface area (Å²) in [4.78, 5) is 19.2. The molecule has 136 valence electrons. The number of unbranched alkanes of at least 4 members (excludes halogenated alkanes) is 1. The number of pyridine rings is 1. The van der Waals surface area contributed by atoms with Crippen molar-refractivity contribution in [3.8, 4) is 11.1 Å². The van der Waals surface area contributed by atoms with Crippen LogP contribution in [0.25, 0.3) is 22.2 Å². The molecular weight excluding hydrogens is 330 g/mol. The number of carbonyl (C=O) groups is 1. The van der Waals surface area contributed by atoms with Gasteiger partial charge in [0.15, 0.2) is 0 Å². The molecule has 4 N–H and O–H groups in total. The van der Waals surface area contributed by atoms with Gasteiger partial charge in [-0.25, -0.2) is 9.78 Å². The summed E-state index contributed by atoms with van der Waals surface area (Å²) in [5.74, 6) is 0.493. The Morgan fingerprint density at radius 2 is 2.15 bits per heavy atom. The number of benzene rings is 1. The summed E-state index contributed by atoms with van der Waals surface area (Å²) in [6.45, 7) is 2.57. The van der Waals surface area contributed by atoms with Crippen molar-refractivity contribution >= 4 is 23.1 Å². The first-order valence-corrected chi connectivity index (χ1v) is 8.71. The molecule has 1 unspecified atom stereocenters. The van der Waals surface area contributed by atoms with Gasteiger partial charge >= 0.3 is 6.09 Å². The van der Waals surface area contributed by atoms with Crippen molar-refractivity contribution in [1.82, 2.24) is 19.9 Å². The van der Waals surface area contributed by atoms with E-state index in [4.69, 9.17) is 10.8 Å². The van der Waals surface area contributed by atoms with E-state index in [2.05, 4.69) is 32.8 Å². The zero-order valence-electron chi connectivity index (χ0n) is 14.7. The number of carboxylic acid groups (broad SMARTS) is 1. The van der Waals surface area contributed by atoms with Gasteiger partial charge in [0.05, 0.1) is 11.0 Å². The van der Waals surface area contributed by atoms with Crippen LogP contribution in [0, 0.1) is 0 Å². The van der Waals surface area contributed by atoms with Gasteiger partial charge in [0, 0.05) is 36.1 Å². The number of para-hydroxylation sites is 1. The molecule has 3 rings (SSSR count). The third kappa shape index (κ3) is 3.77. The van der Waals surface area contributed by atoms with E-state index in [1.165, 1.54) is 0 Å². The largest absolute Gasteiger partial charge is 0.465 e. The topological polar surface area (TPSA) is 106 Å². The molecule has 0 saturated heterocycles. The molecule has 1 atom stereocenters. The number of fused-ring (bicyclic) bond motifs is 1. The minimum Gasteiger partial charge on any atom is -0.465 e. The fourth-order valence-corrected chi connectivity index (χ4v) is 3.26. The highest BCUT2D eigenvalue weighted by atomic mass is 16.4. The van der Waals surface area contributed by atoms with E-state index < -0.39 is 6.09 Å². The molecule has 2 aromatic heterocycles. The minimum absolute atomic E-state index is 0.155. The molecule has 7 nitrogen and oxygen atoms in total. The first-order chi connectivity index (χ1) is 12.6. The Bertz CT molecular complexity index is 892. The fraction of sp³-hybridized carbons (Fsp3) is 0.316. The van der Waals surface area contributed by atoms with Gasteiger partial charge in [-0.3, -0.25) is 4.98 Å². The summed E-state index contributed by atoms with van der Waals surface area (Å²) in [7, 11) is 0. The van der Waals surface area contributed by atoms with E-state index in [0.717, 1.165) is 41.4 Å². The number of rotatable bonds is 7. The van der Waals surface area contributed by atoms with E-state index in [-0.39, 0.29) is 6.04 Å². The molecule has 0 spiro atoms. The van der Waals surface area contributed by atoms with Crippen molar-refractivity contribution in [2.45, 2.75) is 32.2 Å². The number of nitrogen functional groups attached to an aromatic ring is 1. The van der Waals surface area contributed by atoms with E-state index in [0.29, 0.717) is 12.5 Å². The number of imidazole rings is 1. The lowest BCUT2D eigenvalue weighted by atomic mass is 10.0. The number of aromatic nitrogens is 3. The molecule has 0 radical (unpaired) electrons. The second-order valence-corrected chi connectivity index (χ2v) is 6.33. The Morgan fingerprint density at radius 1 is 1.31 bits per heavy atom. The normalized spacial score (nSPS) is 12.2. The number of nitrogens with two attached hydrogens (primary N) is 1. The second kappa shape index (κ2) is 7.86. The Balaban J connectivity index is 1.86. The van der Waals surface area contributed by atoms with Crippen molar-refractivity contribution in [1.29, 1.82) is 0 Å². The third-order valence-electron chi connectivity index (χ3n) is 4.48. The molecule has 0 bridgehead atoms. The van der Waals surface area contributed by atoms with E-state index in [1.807, 2.05) is 30.5 Å². The average Bonchev–Trinajstić information content (AvgIpc) is 2.97. The molecule has 26 heavy (non-hydrogen) atoms. The highest BCUT2D eigenvalue weighted by Crippen LogP contribution is 2.33. The lowest BCUT2D eigenvalue weighted by molar-refractivity contribution is 0.194. The van der Waals surface area contributed by atoms with Crippen molar-refractivity contribution in [3.05, 3.63) is 42.7 Å². The minimum atomic E-state index is -0.982. The molecule has 0 aliphatic rings. The maximum absolute atomic E-state index is 10.5. The van der Waals surface area contributed by atoms with Gasteiger partial charge in [-0.1, -0.05) is 18.2 Å². The first kappa shape index (κ1) is 17.7.